The Balaban J connectivity index is 2.49. The van der Waals surface area contributed by atoms with Crippen molar-refractivity contribution in [2.45, 2.75) is 20.0 Å². The summed E-state index contributed by atoms with van der Waals surface area (Å²) in [6.07, 6.45) is -0.775. The van der Waals surface area contributed by atoms with Gasteiger partial charge in [0.15, 0.2) is 0 Å². The van der Waals surface area contributed by atoms with E-state index in [1.165, 1.54) is 12.1 Å². The standard InChI is InChI=1S/C15H13ClFIO/c1-8-6-13(16)9(2)5-12(8)15(19)11-4-3-10(17)7-14(11)18/h3-7,15,19H,1-2H3. The monoisotopic (exact) mass is 390 g/mol. The van der Waals surface area contributed by atoms with Crippen molar-refractivity contribution in [1.29, 1.82) is 0 Å². The zero-order valence-electron chi connectivity index (χ0n) is 10.5. The SMILES string of the molecule is Cc1cc(C(O)c2ccc(F)cc2I)c(C)cc1Cl. The smallest absolute Gasteiger partial charge is 0.124 e. The second-order valence-corrected chi connectivity index (χ2v) is 6.10. The highest BCUT2D eigenvalue weighted by molar-refractivity contribution is 14.1. The second-order valence-electron chi connectivity index (χ2n) is 4.53. The molecule has 2 aromatic carbocycles. The van der Waals surface area contributed by atoms with Gasteiger partial charge in [-0.05, 0) is 76.9 Å². The summed E-state index contributed by atoms with van der Waals surface area (Å²) >= 11 is 8.08. The van der Waals surface area contributed by atoms with Gasteiger partial charge in [-0.15, -0.1) is 0 Å². The molecule has 1 unspecified atom stereocenters. The molecule has 0 amide bonds. The molecule has 0 aromatic heterocycles. The Hall–Kier alpha value is -0.650. The molecule has 0 bridgehead atoms. The lowest BCUT2D eigenvalue weighted by atomic mass is 9.96. The molecule has 0 saturated heterocycles. The van der Waals surface area contributed by atoms with Gasteiger partial charge in [0.05, 0.1) is 0 Å². The Morgan fingerprint density at radius 1 is 1.11 bits per heavy atom. The van der Waals surface area contributed by atoms with Gasteiger partial charge in [0.25, 0.3) is 0 Å². The van der Waals surface area contributed by atoms with Crippen LogP contribution in [0.15, 0.2) is 30.3 Å². The number of halogens is 3. The predicted molar refractivity (Wildman–Crippen MR) is 84.1 cm³/mol. The second kappa shape index (κ2) is 5.77. The number of aliphatic hydroxyl groups excluding tert-OH is 1. The van der Waals surface area contributed by atoms with E-state index in [4.69, 9.17) is 11.6 Å². The minimum atomic E-state index is -0.775. The van der Waals surface area contributed by atoms with Gasteiger partial charge < -0.3 is 5.11 Å². The van der Waals surface area contributed by atoms with Crippen LogP contribution in [-0.4, -0.2) is 5.11 Å². The van der Waals surface area contributed by atoms with E-state index in [2.05, 4.69) is 0 Å². The van der Waals surface area contributed by atoms with Crippen molar-refractivity contribution < 1.29 is 9.50 Å². The lowest BCUT2D eigenvalue weighted by Crippen LogP contribution is -2.05. The Morgan fingerprint density at radius 3 is 2.42 bits per heavy atom. The van der Waals surface area contributed by atoms with E-state index in [1.54, 1.807) is 6.07 Å². The van der Waals surface area contributed by atoms with Crippen molar-refractivity contribution in [2.24, 2.45) is 0 Å². The highest BCUT2D eigenvalue weighted by Crippen LogP contribution is 2.31. The molecular weight excluding hydrogens is 378 g/mol. The van der Waals surface area contributed by atoms with Crippen molar-refractivity contribution in [3.8, 4) is 0 Å². The van der Waals surface area contributed by atoms with Crippen LogP contribution in [0.2, 0.25) is 5.02 Å². The highest BCUT2D eigenvalue weighted by atomic mass is 127. The van der Waals surface area contributed by atoms with Gasteiger partial charge in [-0.3, -0.25) is 0 Å². The molecule has 100 valence electrons. The maximum absolute atomic E-state index is 13.1. The normalized spacial score (nSPS) is 12.5. The fourth-order valence-electron chi connectivity index (χ4n) is 1.99. The Bertz CT molecular complexity index is 628. The summed E-state index contributed by atoms with van der Waals surface area (Å²) in [6, 6.07) is 8.11. The minimum absolute atomic E-state index is 0.302. The number of rotatable bonds is 2. The van der Waals surface area contributed by atoms with Crippen molar-refractivity contribution in [3.05, 3.63) is 67.0 Å². The van der Waals surface area contributed by atoms with E-state index in [0.717, 1.165) is 16.7 Å². The molecule has 4 heteroatoms. The summed E-state index contributed by atoms with van der Waals surface area (Å²) in [4.78, 5) is 0. The zero-order chi connectivity index (χ0) is 14.2. The Labute approximate surface area is 130 Å². The van der Waals surface area contributed by atoms with Crippen LogP contribution >= 0.6 is 34.2 Å². The third-order valence-electron chi connectivity index (χ3n) is 3.10. The van der Waals surface area contributed by atoms with E-state index in [-0.39, 0.29) is 5.82 Å². The predicted octanol–water partition coefficient (Wildman–Crippen LogP) is 4.78. The molecule has 2 aromatic rings. The molecule has 2 rings (SSSR count). The molecule has 0 radical (unpaired) electrons. The quantitative estimate of drug-likeness (QED) is 0.732. The summed E-state index contributed by atoms with van der Waals surface area (Å²) in [5, 5.41) is 11.2. The Kier molecular flexibility index (Phi) is 4.48. The third-order valence-corrected chi connectivity index (χ3v) is 4.44. The summed E-state index contributed by atoms with van der Waals surface area (Å²) in [5.74, 6) is -0.302. The molecule has 19 heavy (non-hydrogen) atoms. The molecule has 1 atom stereocenters. The van der Waals surface area contributed by atoms with Crippen LogP contribution in [0.1, 0.15) is 28.4 Å². The third kappa shape index (κ3) is 3.09. The van der Waals surface area contributed by atoms with Gasteiger partial charge in [0.2, 0.25) is 0 Å². The van der Waals surface area contributed by atoms with E-state index in [9.17, 15) is 9.50 Å². The molecule has 0 saturated carbocycles. The van der Waals surface area contributed by atoms with Gasteiger partial charge in [-0.2, -0.15) is 0 Å². The molecule has 0 aliphatic heterocycles. The van der Waals surface area contributed by atoms with Crippen LogP contribution in [0.3, 0.4) is 0 Å². The van der Waals surface area contributed by atoms with Gasteiger partial charge in [0, 0.05) is 8.59 Å². The highest BCUT2D eigenvalue weighted by Gasteiger charge is 2.17. The average Bonchev–Trinajstić information content (AvgIpc) is 2.33. The van der Waals surface area contributed by atoms with E-state index in [1.807, 2.05) is 48.6 Å². The lowest BCUT2D eigenvalue weighted by molar-refractivity contribution is 0.218. The fraction of sp³-hybridized carbons (Fsp3) is 0.200. The minimum Gasteiger partial charge on any atom is -0.384 e. The molecule has 1 N–H and O–H groups in total. The maximum atomic E-state index is 13.1. The Morgan fingerprint density at radius 2 is 1.79 bits per heavy atom. The van der Waals surface area contributed by atoms with Crippen LogP contribution in [0.4, 0.5) is 4.39 Å². The first-order chi connectivity index (χ1) is 8.90. The molecule has 0 aliphatic rings. The number of aryl methyl sites for hydroxylation is 2. The topological polar surface area (TPSA) is 20.2 Å². The molecule has 0 spiro atoms. The summed E-state index contributed by atoms with van der Waals surface area (Å²) in [6.45, 7) is 3.80. The van der Waals surface area contributed by atoms with Crippen LogP contribution < -0.4 is 0 Å². The van der Waals surface area contributed by atoms with Crippen molar-refractivity contribution in [2.75, 3.05) is 0 Å². The first kappa shape index (κ1) is 14.8. The van der Waals surface area contributed by atoms with Crippen LogP contribution in [0.5, 0.6) is 0 Å². The zero-order valence-corrected chi connectivity index (χ0v) is 13.5. The average molecular weight is 391 g/mol. The van der Waals surface area contributed by atoms with Gasteiger partial charge in [-0.1, -0.05) is 23.7 Å². The summed E-state index contributed by atoms with van der Waals surface area (Å²) < 4.78 is 13.8. The molecule has 1 nitrogen and oxygen atoms in total. The van der Waals surface area contributed by atoms with Crippen molar-refractivity contribution in [1.82, 2.24) is 0 Å². The summed E-state index contributed by atoms with van der Waals surface area (Å²) in [5.41, 5.74) is 3.33. The maximum Gasteiger partial charge on any atom is 0.124 e. The number of benzene rings is 2. The summed E-state index contributed by atoms with van der Waals surface area (Å²) in [7, 11) is 0. The van der Waals surface area contributed by atoms with Crippen LogP contribution in [-0.2, 0) is 0 Å². The first-order valence-electron chi connectivity index (χ1n) is 5.80. The molecule has 0 fully saturated rings. The van der Waals surface area contributed by atoms with E-state index < -0.39 is 6.10 Å². The van der Waals surface area contributed by atoms with Crippen molar-refractivity contribution >= 4 is 34.2 Å². The number of hydrogen-bond acceptors (Lipinski definition) is 1. The van der Waals surface area contributed by atoms with Gasteiger partial charge >= 0.3 is 0 Å². The largest absolute Gasteiger partial charge is 0.384 e. The number of hydrogen-bond donors (Lipinski definition) is 1. The van der Waals surface area contributed by atoms with Gasteiger partial charge in [0.1, 0.15) is 11.9 Å². The van der Waals surface area contributed by atoms with Crippen LogP contribution in [0, 0.1) is 23.2 Å². The molecule has 0 aliphatic carbocycles. The van der Waals surface area contributed by atoms with Crippen LogP contribution in [0.25, 0.3) is 0 Å². The van der Waals surface area contributed by atoms with Gasteiger partial charge in [-0.25, -0.2) is 4.39 Å². The molecule has 0 heterocycles. The lowest BCUT2D eigenvalue weighted by Gasteiger charge is -2.17. The van der Waals surface area contributed by atoms with Crippen molar-refractivity contribution in [3.63, 3.8) is 0 Å². The fourth-order valence-corrected chi connectivity index (χ4v) is 2.98. The first-order valence-corrected chi connectivity index (χ1v) is 7.25. The molecular formula is C15H13ClFIO. The number of aliphatic hydroxyl groups is 1. The van der Waals surface area contributed by atoms with E-state index in [0.29, 0.717) is 14.2 Å². The van der Waals surface area contributed by atoms with E-state index >= 15 is 0 Å².